The minimum atomic E-state index is 0. The molecule has 4 heteroatoms. The Bertz CT molecular complexity index is 169. The fraction of sp³-hybridized carbons (Fsp3) is 0.929. The van der Waals surface area contributed by atoms with Crippen LogP contribution in [0.3, 0.4) is 0 Å². The van der Waals surface area contributed by atoms with E-state index in [0.717, 1.165) is 25.9 Å². The lowest BCUT2D eigenvalue weighted by Crippen LogP contribution is -2.27. The lowest BCUT2D eigenvalue weighted by Gasteiger charge is -2.06. The van der Waals surface area contributed by atoms with E-state index in [0.29, 0.717) is 32.8 Å². The molecule has 0 spiro atoms. The number of unbranched alkanes of at least 4 members (excludes halogenated alkanes) is 1. The molecule has 1 amide bonds. The zero-order valence-corrected chi connectivity index (χ0v) is 12.6. The number of hydrogen-bond donors (Lipinski definition) is 1. The van der Waals surface area contributed by atoms with E-state index in [1.807, 2.05) is 13.8 Å². The Morgan fingerprint density at radius 2 is 1.61 bits per heavy atom. The van der Waals surface area contributed by atoms with Crippen LogP contribution in [0.25, 0.3) is 0 Å². The summed E-state index contributed by atoms with van der Waals surface area (Å²) >= 11 is 0. The first kappa shape index (κ1) is 19.7. The van der Waals surface area contributed by atoms with Gasteiger partial charge in [0.15, 0.2) is 0 Å². The van der Waals surface area contributed by atoms with Crippen LogP contribution in [0.2, 0.25) is 0 Å². The Morgan fingerprint density at radius 1 is 1.00 bits per heavy atom. The van der Waals surface area contributed by atoms with Gasteiger partial charge in [-0.15, -0.1) is 0 Å². The zero-order valence-electron chi connectivity index (χ0n) is 12.6. The number of rotatable bonds is 11. The quantitative estimate of drug-likeness (QED) is 0.583. The molecule has 0 aromatic carbocycles. The molecule has 0 aromatic heterocycles. The highest BCUT2D eigenvalue weighted by molar-refractivity contribution is 5.75. The largest absolute Gasteiger partial charge is 0.379 e. The molecule has 18 heavy (non-hydrogen) atoms. The molecular formula is C14H33NO3. The van der Waals surface area contributed by atoms with Gasteiger partial charge < -0.3 is 14.8 Å². The molecule has 112 valence electrons. The minimum absolute atomic E-state index is 0. The van der Waals surface area contributed by atoms with Crippen molar-refractivity contribution in [2.75, 3.05) is 33.0 Å². The molecule has 0 radical (unpaired) electrons. The van der Waals surface area contributed by atoms with E-state index in [9.17, 15) is 4.79 Å². The van der Waals surface area contributed by atoms with Gasteiger partial charge >= 0.3 is 0 Å². The van der Waals surface area contributed by atoms with Crippen LogP contribution in [0.1, 0.15) is 54.8 Å². The van der Waals surface area contributed by atoms with Crippen LogP contribution in [0, 0.1) is 0 Å². The van der Waals surface area contributed by atoms with Crippen LogP contribution < -0.4 is 5.32 Å². The summed E-state index contributed by atoms with van der Waals surface area (Å²) in [5.74, 6) is 0.118. The molecule has 0 saturated carbocycles. The van der Waals surface area contributed by atoms with Gasteiger partial charge in [-0.05, 0) is 12.8 Å². The van der Waals surface area contributed by atoms with Gasteiger partial charge in [0.05, 0.1) is 19.8 Å². The van der Waals surface area contributed by atoms with Crippen molar-refractivity contribution in [1.82, 2.24) is 5.32 Å². The molecule has 0 aliphatic carbocycles. The van der Waals surface area contributed by atoms with Crippen molar-refractivity contribution in [2.24, 2.45) is 0 Å². The molecule has 0 rings (SSSR count). The Kier molecular flexibility index (Phi) is 20.5. The van der Waals surface area contributed by atoms with Gasteiger partial charge in [-0.25, -0.2) is 0 Å². The minimum Gasteiger partial charge on any atom is -0.379 e. The summed E-state index contributed by atoms with van der Waals surface area (Å²) < 4.78 is 10.5. The molecule has 0 fully saturated rings. The van der Waals surface area contributed by atoms with E-state index < -0.39 is 0 Å². The number of carbonyl (C=O) groups excluding carboxylic acids is 1. The van der Waals surface area contributed by atoms with Crippen LogP contribution in [0.5, 0.6) is 0 Å². The van der Waals surface area contributed by atoms with Crippen molar-refractivity contribution in [3.05, 3.63) is 0 Å². The van der Waals surface area contributed by atoms with Crippen molar-refractivity contribution in [3.8, 4) is 0 Å². The van der Waals surface area contributed by atoms with E-state index in [2.05, 4.69) is 19.2 Å². The van der Waals surface area contributed by atoms with Crippen molar-refractivity contribution in [2.45, 2.75) is 53.4 Å². The van der Waals surface area contributed by atoms with Gasteiger partial charge in [0.25, 0.3) is 0 Å². The van der Waals surface area contributed by atoms with Gasteiger partial charge in [-0.2, -0.15) is 0 Å². The Balaban J connectivity index is -0.000000809. The maximum Gasteiger partial charge on any atom is 0.220 e. The number of amides is 1. The van der Waals surface area contributed by atoms with Crippen molar-refractivity contribution >= 4 is 5.91 Å². The van der Waals surface area contributed by atoms with Crippen molar-refractivity contribution in [1.29, 1.82) is 0 Å². The average molecular weight is 263 g/mol. The van der Waals surface area contributed by atoms with Crippen LogP contribution in [-0.4, -0.2) is 38.9 Å². The van der Waals surface area contributed by atoms with Crippen molar-refractivity contribution < 1.29 is 15.7 Å². The van der Waals surface area contributed by atoms with Crippen LogP contribution in [0.4, 0.5) is 0 Å². The smallest absolute Gasteiger partial charge is 0.220 e. The van der Waals surface area contributed by atoms with Gasteiger partial charge in [0.2, 0.25) is 5.91 Å². The predicted molar refractivity (Wildman–Crippen MR) is 77.9 cm³/mol. The van der Waals surface area contributed by atoms with Gasteiger partial charge in [0.1, 0.15) is 0 Å². The van der Waals surface area contributed by atoms with Crippen LogP contribution in [-0.2, 0) is 14.3 Å². The third kappa shape index (κ3) is 17.8. The maximum atomic E-state index is 11.2. The summed E-state index contributed by atoms with van der Waals surface area (Å²) in [6.45, 7) is 11.3. The molecule has 0 aliphatic rings. The standard InChI is InChI=1S/C12H25NO3.C2H6.H2/c1-3-5-6-12(14)13-7-9-16-11-10-15-8-4-2;1-2;/h3-11H2,1-2H3,(H,13,14);1-2H3;1H. The molecule has 0 bridgehead atoms. The molecule has 0 atom stereocenters. The SMILES string of the molecule is CC.CCCCC(=O)NCCOCCOCCC.[HH]. The third-order valence-corrected chi connectivity index (χ3v) is 2.05. The highest BCUT2D eigenvalue weighted by Gasteiger charge is 1.98. The first-order valence-electron chi connectivity index (χ1n) is 7.23. The average Bonchev–Trinajstić information content (AvgIpc) is 2.41. The fourth-order valence-electron chi connectivity index (χ4n) is 1.15. The summed E-state index contributed by atoms with van der Waals surface area (Å²) in [5, 5.41) is 2.81. The second kappa shape index (κ2) is 18.7. The summed E-state index contributed by atoms with van der Waals surface area (Å²) in [4.78, 5) is 11.2. The predicted octanol–water partition coefficient (Wildman–Crippen LogP) is 3.01. The summed E-state index contributed by atoms with van der Waals surface area (Å²) in [6.07, 6.45) is 3.67. The lowest BCUT2D eigenvalue weighted by molar-refractivity contribution is -0.121. The van der Waals surface area contributed by atoms with Crippen molar-refractivity contribution in [3.63, 3.8) is 0 Å². The van der Waals surface area contributed by atoms with Crippen LogP contribution >= 0.6 is 0 Å². The second-order valence-electron chi connectivity index (χ2n) is 3.68. The topological polar surface area (TPSA) is 47.6 Å². The molecule has 0 saturated heterocycles. The highest BCUT2D eigenvalue weighted by Crippen LogP contribution is 1.92. The maximum absolute atomic E-state index is 11.2. The summed E-state index contributed by atoms with van der Waals surface area (Å²) in [5.41, 5.74) is 0. The molecule has 0 unspecified atom stereocenters. The number of nitrogens with one attached hydrogen (secondary N) is 1. The Morgan fingerprint density at radius 3 is 2.17 bits per heavy atom. The highest BCUT2D eigenvalue weighted by atomic mass is 16.5. The van der Waals surface area contributed by atoms with E-state index in [4.69, 9.17) is 9.47 Å². The summed E-state index contributed by atoms with van der Waals surface area (Å²) in [6, 6.07) is 0. The Hall–Kier alpha value is -0.610. The molecule has 4 nitrogen and oxygen atoms in total. The number of hydrogen-bond acceptors (Lipinski definition) is 3. The second-order valence-corrected chi connectivity index (χ2v) is 3.68. The number of ether oxygens (including phenoxy) is 2. The van der Waals surface area contributed by atoms with E-state index >= 15 is 0 Å². The molecule has 0 aromatic rings. The third-order valence-electron chi connectivity index (χ3n) is 2.05. The monoisotopic (exact) mass is 263 g/mol. The lowest BCUT2D eigenvalue weighted by atomic mass is 10.2. The first-order chi connectivity index (χ1) is 8.81. The number of carbonyl (C=O) groups is 1. The van der Waals surface area contributed by atoms with Gasteiger partial charge in [-0.1, -0.05) is 34.1 Å². The Labute approximate surface area is 114 Å². The summed E-state index contributed by atoms with van der Waals surface area (Å²) in [7, 11) is 0. The van der Waals surface area contributed by atoms with E-state index in [1.165, 1.54) is 0 Å². The molecular weight excluding hydrogens is 230 g/mol. The van der Waals surface area contributed by atoms with Gasteiger partial charge in [-0.3, -0.25) is 4.79 Å². The normalized spacial score (nSPS) is 9.56. The van der Waals surface area contributed by atoms with Crippen LogP contribution in [0.15, 0.2) is 0 Å². The van der Waals surface area contributed by atoms with Gasteiger partial charge in [0, 0.05) is 21.0 Å². The first-order valence-corrected chi connectivity index (χ1v) is 7.23. The molecule has 0 heterocycles. The van der Waals surface area contributed by atoms with E-state index in [-0.39, 0.29) is 7.33 Å². The molecule has 0 aliphatic heterocycles. The molecule has 1 N–H and O–H groups in total. The fourth-order valence-corrected chi connectivity index (χ4v) is 1.15. The zero-order chi connectivity index (χ0) is 14.1. The van der Waals surface area contributed by atoms with E-state index in [1.54, 1.807) is 0 Å².